The summed E-state index contributed by atoms with van der Waals surface area (Å²) in [5, 5.41) is 10.5. The number of thiazole rings is 1. The van der Waals surface area contributed by atoms with Gasteiger partial charge >= 0.3 is 5.97 Å². The van der Waals surface area contributed by atoms with Gasteiger partial charge in [0.1, 0.15) is 5.01 Å². The van der Waals surface area contributed by atoms with Crippen LogP contribution in [0.25, 0.3) is 10.2 Å². The molecule has 0 aliphatic carbocycles. The lowest BCUT2D eigenvalue weighted by atomic mass is 9.96. The zero-order valence-electron chi connectivity index (χ0n) is 14.0. The number of hydrogen-bond acceptors (Lipinski definition) is 5. The number of thiophene rings is 1. The van der Waals surface area contributed by atoms with E-state index >= 15 is 0 Å². The van der Waals surface area contributed by atoms with Crippen LogP contribution in [0.5, 0.6) is 0 Å². The highest BCUT2D eigenvalue weighted by Gasteiger charge is 2.33. The van der Waals surface area contributed by atoms with Crippen molar-refractivity contribution in [2.24, 2.45) is 5.92 Å². The van der Waals surface area contributed by atoms with Crippen molar-refractivity contribution in [2.75, 3.05) is 13.1 Å². The van der Waals surface area contributed by atoms with Gasteiger partial charge in [-0.3, -0.25) is 9.69 Å². The summed E-state index contributed by atoms with van der Waals surface area (Å²) in [6.07, 6.45) is 1.69. The smallest absolute Gasteiger partial charge is 0.307 e. The van der Waals surface area contributed by atoms with Crippen LogP contribution in [-0.2, 0) is 4.79 Å². The normalized spacial score (nSPS) is 20.0. The number of carbonyl (C=O) groups is 1. The van der Waals surface area contributed by atoms with Gasteiger partial charge in [-0.1, -0.05) is 12.1 Å². The fourth-order valence-corrected chi connectivity index (χ4v) is 5.72. The van der Waals surface area contributed by atoms with E-state index in [1.54, 1.807) is 22.7 Å². The Balaban J connectivity index is 1.75. The van der Waals surface area contributed by atoms with Crippen LogP contribution in [0.1, 0.15) is 33.6 Å². The number of hydrogen-bond donors (Lipinski definition) is 1. The Kier molecular flexibility index (Phi) is 4.58. The van der Waals surface area contributed by atoms with E-state index in [0.717, 1.165) is 29.9 Å². The Morgan fingerprint density at radius 1 is 1.28 bits per heavy atom. The van der Waals surface area contributed by atoms with Gasteiger partial charge in [-0.2, -0.15) is 0 Å². The number of fused-ring (bicyclic) bond motifs is 1. The van der Waals surface area contributed by atoms with Gasteiger partial charge < -0.3 is 5.11 Å². The molecule has 1 saturated heterocycles. The number of aryl methyl sites for hydroxylation is 1. The second-order valence-electron chi connectivity index (χ2n) is 6.54. The number of aliphatic carboxylic acids is 1. The van der Waals surface area contributed by atoms with Gasteiger partial charge in [0.05, 0.1) is 22.2 Å². The maximum Gasteiger partial charge on any atom is 0.307 e. The highest BCUT2D eigenvalue weighted by molar-refractivity contribution is 7.19. The first kappa shape index (κ1) is 16.7. The quantitative estimate of drug-likeness (QED) is 0.730. The van der Waals surface area contributed by atoms with Crippen molar-refractivity contribution in [1.82, 2.24) is 9.88 Å². The first-order valence-electron chi connectivity index (χ1n) is 8.50. The molecule has 0 spiro atoms. The number of aromatic nitrogens is 1. The van der Waals surface area contributed by atoms with Crippen LogP contribution < -0.4 is 0 Å². The monoisotopic (exact) mass is 372 g/mol. The van der Waals surface area contributed by atoms with Crippen molar-refractivity contribution in [3.05, 3.63) is 51.2 Å². The highest BCUT2D eigenvalue weighted by atomic mass is 32.1. The van der Waals surface area contributed by atoms with Crippen LogP contribution in [0.15, 0.2) is 36.4 Å². The topological polar surface area (TPSA) is 53.4 Å². The summed E-state index contributed by atoms with van der Waals surface area (Å²) in [7, 11) is 0. The molecule has 130 valence electrons. The largest absolute Gasteiger partial charge is 0.481 e. The van der Waals surface area contributed by atoms with Gasteiger partial charge in [0.25, 0.3) is 0 Å². The second-order valence-corrected chi connectivity index (χ2v) is 8.92. The third kappa shape index (κ3) is 3.34. The number of nitrogens with zero attached hydrogens (tertiary/aromatic N) is 2. The molecule has 6 heteroatoms. The van der Waals surface area contributed by atoms with E-state index in [-0.39, 0.29) is 12.0 Å². The molecule has 2 atom stereocenters. The minimum Gasteiger partial charge on any atom is -0.481 e. The molecule has 1 N–H and O–H groups in total. The average Bonchev–Trinajstić information content (AvgIpc) is 3.21. The molecule has 1 aromatic carbocycles. The number of para-hydroxylation sites is 1. The average molecular weight is 373 g/mol. The maximum atomic E-state index is 11.5. The summed E-state index contributed by atoms with van der Waals surface area (Å²) >= 11 is 3.50. The molecular weight excluding hydrogens is 352 g/mol. The van der Waals surface area contributed by atoms with Crippen molar-refractivity contribution in [2.45, 2.75) is 25.8 Å². The van der Waals surface area contributed by atoms with E-state index in [4.69, 9.17) is 4.98 Å². The fraction of sp³-hybridized carbons (Fsp3) is 0.368. The number of benzene rings is 1. The van der Waals surface area contributed by atoms with Crippen LogP contribution in [0.2, 0.25) is 0 Å². The molecule has 25 heavy (non-hydrogen) atoms. The molecule has 1 aliphatic rings. The molecule has 1 fully saturated rings. The summed E-state index contributed by atoms with van der Waals surface area (Å²) in [6, 6.07) is 12.6. The second kappa shape index (κ2) is 6.86. The summed E-state index contributed by atoms with van der Waals surface area (Å²) in [5.41, 5.74) is 1.02. The van der Waals surface area contributed by atoms with E-state index in [9.17, 15) is 9.90 Å². The van der Waals surface area contributed by atoms with E-state index < -0.39 is 5.97 Å². The van der Waals surface area contributed by atoms with Gasteiger partial charge in [-0.05, 0) is 50.6 Å². The molecule has 3 heterocycles. The molecule has 3 aromatic rings. The van der Waals surface area contributed by atoms with Crippen LogP contribution >= 0.6 is 22.7 Å². The lowest BCUT2D eigenvalue weighted by molar-refractivity contribution is -0.143. The zero-order valence-corrected chi connectivity index (χ0v) is 15.6. The van der Waals surface area contributed by atoms with E-state index in [1.165, 1.54) is 14.5 Å². The molecule has 0 radical (unpaired) electrons. The SMILES string of the molecule is Cc1ccc(C(c2nc3ccccc3s2)N2CCCC(C(=O)O)C2)s1. The third-order valence-electron chi connectivity index (χ3n) is 4.74. The summed E-state index contributed by atoms with van der Waals surface area (Å²) in [6.45, 7) is 3.62. The molecule has 1 aliphatic heterocycles. The van der Waals surface area contributed by atoms with Gasteiger partial charge in [0, 0.05) is 16.3 Å². The summed E-state index contributed by atoms with van der Waals surface area (Å²) in [4.78, 5) is 21.2. The van der Waals surface area contributed by atoms with Gasteiger partial charge in [-0.15, -0.1) is 22.7 Å². The number of likely N-dealkylation sites (tertiary alicyclic amines) is 1. The van der Waals surface area contributed by atoms with Crippen molar-refractivity contribution < 1.29 is 9.90 Å². The van der Waals surface area contributed by atoms with Crippen LogP contribution in [0.3, 0.4) is 0 Å². The van der Waals surface area contributed by atoms with Gasteiger partial charge in [-0.25, -0.2) is 4.98 Å². The standard InChI is InChI=1S/C19H20N2O2S2/c1-12-8-9-16(24-12)17(21-10-4-5-13(11-21)19(22)23)18-20-14-6-2-3-7-15(14)25-18/h2-3,6-9,13,17H,4-5,10-11H2,1H3,(H,22,23). The Bertz CT molecular complexity index is 869. The van der Waals surface area contributed by atoms with E-state index in [1.807, 2.05) is 18.2 Å². The number of carboxylic acid groups (broad SMARTS) is 1. The molecule has 0 amide bonds. The summed E-state index contributed by atoms with van der Waals surface area (Å²) < 4.78 is 1.18. The molecule has 4 nitrogen and oxygen atoms in total. The number of rotatable bonds is 4. The molecule has 2 aromatic heterocycles. The molecule has 4 rings (SSSR count). The lowest BCUT2D eigenvalue weighted by Crippen LogP contribution is -2.41. The Morgan fingerprint density at radius 3 is 2.84 bits per heavy atom. The molecular formula is C19H20N2O2S2. The third-order valence-corrected chi connectivity index (χ3v) is 6.88. The number of piperidine rings is 1. The number of carboxylic acids is 1. The first-order valence-corrected chi connectivity index (χ1v) is 10.1. The first-order chi connectivity index (χ1) is 12.1. The van der Waals surface area contributed by atoms with E-state index in [2.05, 4.69) is 30.0 Å². The van der Waals surface area contributed by atoms with Crippen LogP contribution in [0, 0.1) is 12.8 Å². The van der Waals surface area contributed by atoms with Crippen LogP contribution in [-0.4, -0.2) is 34.0 Å². The predicted molar refractivity (Wildman–Crippen MR) is 102 cm³/mol. The van der Waals surface area contributed by atoms with Crippen molar-refractivity contribution in [1.29, 1.82) is 0 Å². The molecule has 2 unspecified atom stereocenters. The Morgan fingerprint density at radius 2 is 2.12 bits per heavy atom. The molecule has 0 bridgehead atoms. The summed E-state index contributed by atoms with van der Waals surface area (Å²) in [5.74, 6) is -0.971. The van der Waals surface area contributed by atoms with Crippen molar-refractivity contribution >= 4 is 38.9 Å². The minimum atomic E-state index is -0.685. The molecule has 0 saturated carbocycles. The lowest BCUT2D eigenvalue weighted by Gasteiger charge is -2.35. The maximum absolute atomic E-state index is 11.5. The van der Waals surface area contributed by atoms with Gasteiger partial charge in [0.15, 0.2) is 0 Å². The Labute approximate surface area is 154 Å². The fourth-order valence-electron chi connectivity index (χ4n) is 3.51. The van der Waals surface area contributed by atoms with Crippen LogP contribution in [0.4, 0.5) is 0 Å². The van der Waals surface area contributed by atoms with Crippen molar-refractivity contribution in [3.8, 4) is 0 Å². The minimum absolute atomic E-state index is 0.0539. The predicted octanol–water partition coefficient (Wildman–Crippen LogP) is 4.55. The Hall–Kier alpha value is -1.76. The van der Waals surface area contributed by atoms with Gasteiger partial charge in [0.2, 0.25) is 0 Å². The van der Waals surface area contributed by atoms with E-state index in [0.29, 0.717) is 6.54 Å². The highest BCUT2D eigenvalue weighted by Crippen LogP contribution is 2.39. The van der Waals surface area contributed by atoms with Crippen molar-refractivity contribution in [3.63, 3.8) is 0 Å². The zero-order chi connectivity index (χ0) is 17.4.